The number of benzene rings is 2. The van der Waals surface area contributed by atoms with E-state index in [-0.39, 0.29) is 5.91 Å². The van der Waals surface area contributed by atoms with Gasteiger partial charge in [-0.05, 0) is 30.3 Å². The number of aromatic nitrogens is 1. The monoisotopic (exact) mass is 403 g/mol. The van der Waals surface area contributed by atoms with Gasteiger partial charge in [0, 0.05) is 28.2 Å². The minimum Gasteiger partial charge on any atom is -0.358 e. The predicted octanol–water partition coefficient (Wildman–Crippen LogP) is 5.97. The Hall–Kier alpha value is -2.34. The molecular weight excluding hydrogens is 389 g/mol. The normalized spacial score (nSPS) is 10.4. The maximum Gasteiger partial charge on any atom is 0.257 e. The zero-order valence-electron chi connectivity index (χ0n) is 13.6. The lowest BCUT2D eigenvalue weighted by Gasteiger charge is -2.07. The average Bonchev–Trinajstić information content (AvgIpc) is 3.09. The topological polar surface area (TPSA) is 54.0 Å². The molecule has 2 N–H and O–H groups in total. The third-order valence-corrected chi connectivity index (χ3v) is 4.86. The second-order valence-electron chi connectivity index (χ2n) is 5.36. The smallest absolute Gasteiger partial charge is 0.257 e. The van der Waals surface area contributed by atoms with Crippen LogP contribution in [-0.2, 0) is 0 Å². The zero-order valence-corrected chi connectivity index (χ0v) is 16.0. The Labute approximate surface area is 165 Å². The number of rotatable bonds is 6. The van der Waals surface area contributed by atoms with Gasteiger partial charge in [-0.3, -0.25) is 4.79 Å². The van der Waals surface area contributed by atoms with E-state index in [9.17, 15) is 4.79 Å². The van der Waals surface area contributed by atoms with Gasteiger partial charge in [-0.1, -0.05) is 41.4 Å². The van der Waals surface area contributed by atoms with E-state index in [1.54, 1.807) is 24.3 Å². The van der Waals surface area contributed by atoms with Crippen LogP contribution in [-0.4, -0.2) is 17.4 Å². The molecule has 1 heterocycles. The first-order valence-electron chi connectivity index (χ1n) is 7.74. The van der Waals surface area contributed by atoms with Gasteiger partial charge in [-0.25, -0.2) is 4.98 Å². The standard InChI is InChI=1S/C19H15Cl2N3OS/c1-2-9-22-19-24-17(11-26-19)12-3-6-14(7-4-12)23-18(25)15-8-5-13(20)10-16(15)21/h2-8,10-11H,1,9H2,(H,22,24)(H,23,25). The van der Waals surface area contributed by atoms with Crippen molar-refractivity contribution >= 4 is 51.3 Å². The van der Waals surface area contributed by atoms with Crippen molar-refractivity contribution in [3.63, 3.8) is 0 Å². The number of halogens is 2. The molecule has 0 aliphatic rings. The van der Waals surface area contributed by atoms with E-state index in [1.165, 1.54) is 11.3 Å². The fourth-order valence-corrected chi connectivity index (χ4v) is 3.47. The molecule has 0 saturated heterocycles. The molecule has 3 aromatic rings. The van der Waals surface area contributed by atoms with E-state index in [0.29, 0.717) is 27.8 Å². The summed E-state index contributed by atoms with van der Waals surface area (Å²) >= 11 is 13.5. The summed E-state index contributed by atoms with van der Waals surface area (Å²) in [6.45, 7) is 4.34. The summed E-state index contributed by atoms with van der Waals surface area (Å²) < 4.78 is 0. The zero-order chi connectivity index (χ0) is 18.5. The molecule has 1 amide bonds. The van der Waals surface area contributed by atoms with Crippen molar-refractivity contribution in [1.29, 1.82) is 0 Å². The minimum absolute atomic E-state index is 0.288. The van der Waals surface area contributed by atoms with Crippen LogP contribution < -0.4 is 10.6 Å². The quantitative estimate of drug-likeness (QED) is 0.498. The molecule has 0 bridgehead atoms. The number of hydrogen-bond donors (Lipinski definition) is 2. The number of carbonyl (C=O) groups excluding carboxylic acids is 1. The first kappa shape index (κ1) is 18.5. The van der Waals surface area contributed by atoms with Gasteiger partial charge in [0.1, 0.15) is 0 Å². The minimum atomic E-state index is -0.288. The van der Waals surface area contributed by atoms with Crippen LogP contribution in [0.25, 0.3) is 11.3 Å². The number of nitrogens with zero attached hydrogens (tertiary/aromatic N) is 1. The van der Waals surface area contributed by atoms with Crippen molar-refractivity contribution in [3.05, 3.63) is 76.1 Å². The number of carbonyl (C=O) groups is 1. The molecule has 0 radical (unpaired) electrons. The Bertz CT molecular complexity index is 938. The van der Waals surface area contributed by atoms with Crippen LogP contribution in [0.3, 0.4) is 0 Å². The molecule has 0 saturated carbocycles. The van der Waals surface area contributed by atoms with Gasteiger partial charge >= 0.3 is 0 Å². The summed E-state index contributed by atoms with van der Waals surface area (Å²) in [7, 11) is 0. The van der Waals surface area contributed by atoms with E-state index in [4.69, 9.17) is 23.2 Å². The molecular formula is C19H15Cl2N3OS. The second kappa shape index (κ2) is 8.36. The fourth-order valence-electron chi connectivity index (χ4n) is 2.24. The van der Waals surface area contributed by atoms with E-state index < -0.39 is 0 Å². The lowest BCUT2D eigenvalue weighted by atomic mass is 10.1. The number of hydrogen-bond acceptors (Lipinski definition) is 4. The summed E-state index contributed by atoms with van der Waals surface area (Å²) in [6, 6.07) is 12.2. The van der Waals surface area contributed by atoms with Crippen molar-refractivity contribution in [2.75, 3.05) is 17.2 Å². The molecule has 26 heavy (non-hydrogen) atoms. The lowest BCUT2D eigenvalue weighted by molar-refractivity contribution is 0.102. The predicted molar refractivity (Wildman–Crippen MR) is 111 cm³/mol. The largest absolute Gasteiger partial charge is 0.358 e. The van der Waals surface area contributed by atoms with Crippen LogP contribution in [0.15, 0.2) is 60.5 Å². The summed E-state index contributed by atoms with van der Waals surface area (Å²) in [5.74, 6) is -0.288. The lowest BCUT2D eigenvalue weighted by Crippen LogP contribution is -2.12. The number of amides is 1. The van der Waals surface area contributed by atoms with Gasteiger partial charge < -0.3 is 10.6 Å². The van der Waals surface area contributed by atoms with Crippen LogP contribution >= 0.6 is 34.5 Å². The van der Waals surface area contributed by atoms with E-state index in [0.717, 1.165) is 16.4 Å². The Morgan fingerprint density at radius 3 is 2.65 bits per heavy atom. The molecule has 4 nitrogen and oxygen atoms in total. The van der Waals surface area contributed by atoms with Crippen LogP contribution in [0.4, 0.5) is 10.8 Å². The molecule has 7 heteroatoms. The number of nitrogens with one attached hydrogen (secondary N) is 2. The van der Waals surface area contributed by atoms with Crippen molar-refractivity contribution in [3.8, 4) is 11.3 Å². The summed E-state index contributed by atoms with van der Waals surface area (Å²) in [6.07, 6.45) is 1.78. The van der Waals surface area contributed by atoms with Crippen LogP contribution in [0, 0.1) is 0 Å². The molecule has 1 aromatic heterocycles. The molecule has 0 unspecified atom stereocenters. The van der Waals surface area contributed by atoms with Crippen molar-refractivity contribution in [2.24, 2.45) is 0 Å². The van der Waals surface area contributed by atoms with Crippen molar-refractivity contribution < 1.29 is 4.79 Å². The van der Waals surface area contributed by atoms with E-state index >= 15 is 0 Å². The maximum atomic E-state index is 12.3. The maximum absolute atomic E-state index is 12.3. The highest BCUT2D eigenvalue weighted by Gasteiger charge is 2.11. The van der Waals surface area contributed by atoms with Crippen LogP contribution in [0.5, 0.6) is 0 Å². The van der Waals surface area contributed by atoms with Gasteiger partial charge in [0.2, 0.25) is 0 Å². The average molecular weight is 404 g/mol. The van der Waals surface area contributed by atoms with Gasteiger partial charge in [-0.2, -0.15) is 0 Å². The van der Waals surface area contributed by atoms with E-state index in [1.807, 2.05) is 29.6 Å². The highest BCUT2D eigenvalue weighted by Crippen LogP contribution is 2.26. The van der Waals surface area contributed by atoms with Gasteiger partial charge in [0.05, 0.1) is 16.3 Å². The highest BCUT2D eigenvalue weighted by atomic mass is 35.5. The molecule has 0 aliphatic heterocycles. The first-order chi connectivity index (χ1) is 12.6. The molecule has 2 aromatic carbocycles. The fraction of sp³-hybridized carbons (Fsp3) is 0.0526. The summed E-state index contributed by atoms with van der Waals surface area (Å²) in [5.41, 5.74) is 2.89. The Kier molecular flexibility index (Phi) is 5.93. The van der Waals surface area contributed by atoms with E-state index in [2.05, 4.69) is 22.2 Å². The van der Waals surface area contributed by atoms with Crippen LogP contribution in [0.1, 0.15) is 10.4 Å². The molecule has 0 aliphatic carbocycles. The molecule has 132 valence electrons. The Morgan fingerprint density at radius 2 is 1.96 bits per heavy atom. The third kappa shape index (κ3) is 4.43. The van der Waals surface area contributed by atoms with Crippen molar-refractivity contribution in [2.45, 2.75) is 0 Å². The first-order valence-corrected chi connectivity index (χ1v) is 9.37. The second-order valence-corrected chi connectivity index (χ2v) is 7.06. The highest BCUT2D eigenvalue weighted by molar-refractivity contribution is 7.14. The molecule has 0 atom stereocenters. The van der Waals surface area contributed by atoms with Gasteiger partial charge in [-0.15, -0.1) is 17.9 Å². The van der Waals surface area contributed by atoms with Gasteiger partial charge in [0.25, 0.3) is 5.91 Å². The van der Waals surface area contributed by atoms with Gasteiger partial charge in [0.15, 0.2) is 5.13 Å². The summed E-state index contributed by atoms with van der Waals surface area (Å²) in [5, 5.41) is 9.60. The number of thiazole rings is 1. The van der Waals surface area contributed by atoms with Crippen LogP contribution in [0.2, 0.25) is 10.0 Å². The SMILES string of the molecule is C=CCNc1nc(-c2ccc(NC(=O)c3ccc(Cl)cc3Cl)cc2)cs1. The molecule has 0 fully saturated rings. The summed E-state index contributed by atoms with van der Waals surface area (Å²) in [4.78, 5) is 16.9. The Morgan fingerprint density at radius 1 is 1.19 bits per heavy atom. The third-order valence-electron chi connectivity index (χ3n) is 3.52. The van der Waals surface area contributed by atoms with Crippen molar-refractivity contribution in [1.82, 2.24) is 4.98 Å². The number of anilines is 2. The molecule has 3 rings (SSSR count). The Balaban J connectivity index is 1.70. The molecule has 0 spiro atoms.